The maximum Gasteiger partial charge on any atom is 0.254 e. The second kappa shape index (κ2) is 11.4. The summed E-state index contributed by atoms with van der Waals surface area (Å²) in [5.74, 6) is -0.0401. The summed E-state index contributed by atoms with van der Waals surface area (Å²) in [4.78, 5) is 30.7. The number of carbonyl (C=O) groups is 2. The Balaban J connectivity index is 1.65. The molecule has 1 fully saturated rings. The minimum atomic E-state index is -0.795. The highest BCUT2D eigenvalue weighted by molar-refractivity contribution is 6.12. The highest BCUT2D eigenvalue weighted by atomic mass is 16.7. The fourth-order valence-corrected chi connectivity index (χ4v) is 4.57. The molecule has 2 amide bonds. The fraction of sp³-hybridized carbons (Fsp3) is 0.444. The molecule has 4 rings (SSSR count). The molecule has 2 aliphatic heterocycles. The molecule has 2 heterocycles. The first-order valence-corrected chi connectivity index (χ1v) is 12.2. The second-order valence-electron chi connectivity index (χ2n) is 8.76. The van der Waals surface area contributed by atoms with Gasteiger partial charge in [0.1, 0.15) is 0 Å². The lowest BCUT2D eigenvalue weighted by Crippen LogP contribution is -2.48. The van der Waals surface area contributed by atoms with Crippen molar-refractivity contribution in [2.45, 2.75) is 32.8 Å². The number of nitrogens with zero attached hydrogens (tertiary/aromatic N) is 2. The van der Waals surface area contributed by atoms with Gasteiger partial charge in [0.05, 0.1) is 17.7 Å². The number of hydrogen-bond acceptors (Lipinski definition) is 6. The molecule has 2 aliphatic rings. The molecule has 8 nitrogen and oxygen atoms in total. The van der Waals surface area contributed by atoms with Crippen molar-refractivity contribution in [3.05, 3.63) is 59.7 Å². The number of carbonyl (C=O) groups excluding carboxylic acids is 2. The van der Waals surface area contributed by atoms with Crippen LogP contribution in [-0.2, 0) is 9.53 Å². The van der Waals surface area contributed by atoms with E-state index in [1.54, 1.807) is 28.0 Å². The first kappa shape index (κ1) is 24.7. The Morgan fingerprint density at radius 3 is 2.43 bits per heavy atom. The molecule has 2 unspecified atom stereocenters. The Labute approximate surface area is 206 Å². The van der Waals surface area contributed by atoms with Gasteiger partial charge in [-0.15, -0.1) is 0 Å². The molecule has 1 saturated heterocycles. The van der Waals surface area contributed by atoms with E-state index in [2.05, 4.69) is 0 Å². The van der Waals surface area contributed by atoms with Gasteiger partial charge in [-0.25, -0.2) is 0 Å². The smallest absolute Gasteiger partial charge is 0.254 e. The zero-order chi connectivity index (χ0) is 24.8. The molecule has 35 heavy (non-hydrogen) atoms. The normalized spacial score (nSPS) is 17.1. The van der Waals surface area contributed by atoms with Crippen LogP contribution in [-0.4, -0.2) is 73.0 Å². The van der Waals surface area contributed by atoms with Gasteiger partial charge in [-0.2, -0.15) is 0 Å². The minimum absolute atomic E-state index is 0.0934. The van der Waals surface area contributed by atoms with Crippen LogP contribution in [0.2, 0.25) is 0 Å². The summed E-state index contributed by atoms with van der Waals surface area (Å²) in [7, 11) is 0. The summed E-state index contributed by atoms with van der Waals surface area (Å²) < 4.78 is 16.7. The summed E-state index contributed by atoms with van der Waals surface area (Å²) in [5.41, 5.74) is 1.33. The van der Waals surface area contributed by atoms with E-state index in [9.17, 15) is 9.59 Å². The number of ether oxygens (including phenoxy) is 3. The van der Waals surface area contributed by atoms with Crippen molar-refractivity contribution < 1.29 is 23.8 Å². The Morgan fingerprint density at radius 1 is 1.00 bits per heavy atom. The van der Waals surface area contributed by atoms with Crippen LogP contribution in [0, 0.1) is 11.3 Å². The van der Waals surface area contributed by atoms with Crippen molar-refractivity contribution >= 4 is 17.5 Å². The molecular formula is C27H33N3O5. The zero-order valence-corrected chi connectivity index (χ0v) is 20.4. The van der Waals surface area contributed by atoms with Crippen molar-refractivity contribution in [3.63, 3.8) is 0 Å². The van der Waals surface area contributed by atoms with Crippen molar-refractivity contribution in [2.24, 2.45) is 5.92 Å². The predicted octanol–water partition coefficient (Wildman–Crippen LogP) is 3.59. The topological polar surface area (TPSA) is 92.2 Å². The summed E-state index contributed by atoms with van der Waals surface area (Å²) in [6, 6.07) is 14.4. The second-order valence-corrected chi connectivity index (χ2v) is 8.76. The molecule has 0 spiro atoms. The van der Waals surface area contributed by atoms with E-state index in [-0.39, 0.29) is 37.0 Å². The highest BCUT2D eigenvalue weighted by Gasteiger charge is 2.33. The molecule has 2 atom stereocenters. The van der Waals surface area contributed by atoms with Gasteiger partial charge in [0, 0.05) is 38.3 Å². The standard InChI is InChI=1S/C27H33N3O5/c1-3-29(4-2)27(32)22(25(28)19-9-6-5-7-10-19)17-30(16-21-11-8-14-33-21)26(31)20-12-13-23-24(15-20)35-18-34-23/h5-7,9-10,12-13,15,21-22,28H,3-4,8,11,14,16-18H2,1-2H3. The van der Waals surface area contributed by atoms with E-state index < -0.39 is 5.92 Å². The van der Waals surface area contributed by atoms with Gasteiger partial charge in [0.2, 0.25) is 12.7 Å². The largest absolute Gasteiger partial charge is 0.454 e. The number of benzene rings is 2. The van der Waals surface area contributed by atoms with E-state index in [0.717, 1.165) is 12.8 Å². The molecule has 0 aromatic heterocycles. The molecule has 2 aromatic rings. The molecule has 1 N–H and O–H groups in total. The molecule has 0 saturated carbocycles. The fourth-order valence-electron chi connectivity index (χ4n) is 4.57. The molecule has 8 heteroatoms. The molecule has 0 aliphatic carbocycles. The molecular weight excluding hydrogens is 446 g/mol. The lowest BCUT2D eigenvalue weighted by Gasteiger charge is -2.32. The van der Waals surface area contributed by atoms with Crippen LogP contribution in [0.25, 0.3) is 0 Å². The van der Waals surface area contributed by atoms with Crippen LogP contribution in [0.4, 0.5) is 0 Å². The van der Waals surface area contributed by atoms with Crippen LogP contribution in [0.3, 0.4) is 0 Å². The van der Waals surface area contributed by atoms with E-state index in [1.807, 2.05) is 44.2 Å². The van der Waals surface area contributed by atoms with E-state index in [4.69, 9.17) is 19.6 Å². The van der Waals surface area contributed by atoms with Gasteiger partial charge < -0.3 is 29.4 Å². The number of nitrogens with one attached hydrogen (secondary N) is 1. The average Bonchev–Trinajstić information content (AvgIpc) is 3.58. The van der Waals surface area contributed by atoms with Crippen LogP contribution in [0.5, 0.6) is 11.5 Å². The average molecular weight is 480 g/mol. The third-order valence-corrected chi connectivity index (χ3v) is 6.56. The number of rotatable bonds is 10. The summed E-state index contributed by atoms with van der Waals surface area (Å²) >= 11 is 0. The summed E-state index contributed by atoms with van der Waals surface area (Å²) in [6.07, 6.45) is 1.71. The molecule has 186 valence electrons. The number of hydrogen-bond donors (Lipinski definition) is 1. The van der Waals surface area contributed by atoms with Gasteiger partial charge in [0.25, 0.3) is 5.91 Å². The quantitative estimate of drug-likeness (QED) is 0.526. The van der Waals surface area contributed by atoms with Gasteiger partial charge >= 0.3 is 0 Å². The molecule has 2 aromatic carbocycles. The zero-order valence-electron chi connectivity index (χ0n) is 20.4. The van der Waals surface area contributed by atoms with Crippen molar-refractivity contribution in [3.8, 4) is 11.5 Å². The maximum atomic E-state index is 13.7. The lowest BCUT2D eigenvalue weighted by molar-refractivity contribution is -0.133. The van der Waals surface area contributed by atoms with Gasteiger partial charge in [-0.3, -0.25) is 9.59 Å². The number of fused-ring (bicyclic) bond motifs is 1. The van der Waals surface area contributed by atoms with Gasteiger partial charge in [-0.05, 0) is 50.5 Å². The van der Waals surface area contributed by atoms with Crippen LogP contribution < -0.4 is 9.47 Å². The Bertz CT molecular complexity index is 1050. The Hall–Kier alpha value is -3.39. The van der Waals surface area contributed by atoms with Crippen LogP contribution >= 0.6 is 0 Å². The van der Waals surface area contributed by atoms with Gasteiger partial charge in [-0.1, -0.05) is 30.3 Å². The van der Waals surface area contributed by atoms with E-state index in [0.29, 0.717) is 48.9 Å². The lowest BCUT2D eigenvalue weighted by atomic mass is 9.94. The first-order chi connectivity index (χ1) is 17.0. The minimum Gasteiger partial charge on any atom is -0.454 e. The first-order valence-electron chi connectivity index (χ1n) is 12.2. The summed E-state index contributed by atoms with van der Waals surface area (Å²) in [5, 5.41) is 8.93. The predicted molar refractivity (Wildman–Crippen MR) is 132 cm³/mol. The number of amides is 2. The monoisotopic (exact) mass is 479 g/mol. The van der Waals surface area contributed by atoms with Crippen LogP contribution in [0.15, 0.2) is 48.5 Å². The van der Waals surface area contributed by atoms with Crippen molar-refractivity contribution in [1.29, 1.82) is 5.41 Å². The Kier molecular flexibility index (Phi) is 8.02. The summed E-state index contributed by atoms with van der Waals surface area (Å²) in [6.45, 7) is 6.16. The van der Waals surface area contributed by atoms with Crippen LogP contribution in [0.1, 0.15) is 42.6 Å². The van der Waals surface area contributed by atoms with Gasteiger partial charge in [0.15, 0.2) is 11.5 Å². The highest BCUT2D eigenvalue weighted by Crippen LogP contribution is 2.33. The Morgan fingerprint density at radius 2 is 1.74 bits per heavy atom. The third kappa shape index (κ3) is 5.65. The van der Waals surface area contributed by atoms with E-state index >= 15 is 0 Å². The molecule has 0 radical (unpaired) electrons. The van der Waals surface area contributed by atoms with E-state index in [1.165, 1.54) is 0 Å². The third-order valence-electron chi connectivity index (χ3n) is 6.56. The van der Waals surface area contributed by atoms with Crippen molar-refractivity contribution in [1.82, 2.24) is 9.80 Å². The SMILES string of the molecule is CCN(CC)C(=O)C(CN(CC1CCCO1)C(=O)c1ccc2c(c1)OCO2)C(=N)c1ccccc1. The maximum absolute atomic E-state index is 13.7. The molecule has 0 bridgehead atoms. The van der Waals surface area contributed by atoms with Crippen molar-refractivity contribution in [2.75, 3.05) is 39.6 Å².